The molecule has 2 aromatic heterocycles. The van der Waals surface area contributed by atoms with Crippen molar-refractivity contribution in [2.75, 3.05) is 7.11 Å². The number of fused-ring (bicyclic) bond motifs is 1. The number of methoxy groups -OCH3 is 1. The van der Waals surface area contributed by atoms with Crippen LogP contribution in [0.4, 0.5) is 0 Å². The Kier molecular flexibility index (Phi) is 2.99. The molecule has 0 radical (unpaired) electrons. The van der Waals surface area contributed by atoms with Crippen LogP contribution in [0.15, 0.2) is 29.2 Å². The molecule has 0 N–H and O–H groups in total. The number of ether oxygens (including phenoxy) is 1. The number of pyridine rings is 2. The third-order valence-corrected chi connectivity index (χ3v) is 3.57. The van der Waals surface area contributed by atoms with Crippen LogP contribution in [0.2, 0.25) is 0 Å². The highest BCUT2D eigenvalue weighted by atomic mass is 16.5. The molecule has 5 nitrogen and oxygen atoms in total. The quantitative estimate of drug-likeness (QED) is 0.831. The summed E-state index contributed by atoms with van der Waals surface area (Å²) in [6.45, 7) is 0.681. The van der Waals surface area contributed by atoms with Crippen molar-refractivity contribution in [2.45, 2.75) is 19.4 Å². The first-order valence-electron chi connectivity index (χ1n) is 6.42. The van der Waals surface area contributed by atoms with Crippen molar-refractivity contribution >= 4 is 0 Å². The maximum Gasteiger partial charge on any atom is 0.258 e. The zero-order valence-corrected chi connectivity index (χ0v) is 11.1. The molecule has 100 valence electrons. The number of aromatic nitrogens is 2. The minimum Gasteiger partial charge on any atom is -0.481 e. The third kappa shape index (κ3) is 1.86. The summed E-state index contributed by atoms with van der Waals surface area (Å²) in [4.78, 5) is 16.6. The van der Waals surface area contributed by atoms with Gasteiger partial charge in [-0.1, -0.05) is 0 Å². The van der Waals surface area contributed by atoms with Crippen LogP contribution in [0.5, 0.6) is 5.88 Å². The summed E-state index contributed by atoms with van der Waals surface area (Å²) in [5, 5.41) is 9.25. The molecule has 0 saturated carbocycles. The predicted octanol–water partition coefficient (Wildman–Crippen LogP) is 1.74. The molecule has 0 fully saturated rings. The van der Waals surface area contributed by atoms with Crippen LogP contribution in [0.25, 0.3) is 11.1 Å². The van der Waals surface area contributed by atoms with E-state index in [9.17, 15) is 10.1 Å². The molecule has 0 unspecified atom stereocenters. The molecular weight excluding hydrogens is 254 g/mol. The van der Waals surface area contributed by atoms with Gasteiger partial charge in [0.25, 0.3) is 5.56 Å². The SMILES string of the molecule is COc1ccc(-c2cc(C#N)c3n(c2=O)CCC3)cn1. The molecule has 3 rings (SSSR count). The minimum atomic E-state index is -0.0523. The zero-order valence-electron chi connectivity index (χ0n) is 11.1. The summed E-state index contributed by atoms with van der Waals surface area (Å²) < 4.78 is 6.71. The van der Waals surface area contributed by atoms with Crippen molar-refractivity contribution in [3.63, 3.8) is 0 Å². The van der Waals surface area contributed by atoms with E-state index in [1.807, 2.05) is 0 Å². The maximum atomic E-state index is 12.5. The fourth-order valence-electron chi connectivity index (χ4n) is 2.58. The molecule has 3 heterocycles. The third-order valence-electron chi connectivity index (χ3n) is 3.57. The van der Waals surface area contributed by atoms with Gasteiger partial charge in [-0.25, -0.2) is 4.98 Å². The Bertz CT molecular complexity index is 754. The average Bonchev–Trinajstić information content (AvgIpc) is 2.98. The van der Waals surface area contributed by atoms with Gasteiger partial charge in [0.2, 0.25) is 5.88 Å². The molecule has 0 bridgehead atoms. The van der Waals surface area contributed by atoms with Crippen LogP contribution in [-0.4, -0.2) is 16.7 Å². The molecular formula is C15H13N3O2. The van der Waals surface area contributed by atoms with Gasteiger partial charge in [0.1, 0.15) is 6.07 Å². The smallest absolute Gasteiger partial charge is 0.258 e. The summed E-state index contributed by atoms with van der Waals surface area (Å²) in [6.07, 6.45) is 3.30. The normalized spacial score (nSPS) is 12.8. The second-order valence-corrected chi connectivity index (χ2v) is 4.68. The lowest BCUT2D eigenvalue weighted by Crippen LogP contribution is -2.22. The van der Waals surface area contributed by atoms with Crippen molar-refractivity contribution in [1.29, 1.82) is 5.26 Å². The number of nitriles is 1. The lowest BCUT2D eigenvalue weighted by atomic mass is 10.1. The van der Waals surface area contributed by atoms with Crippen molar-refractivity contribution in [3.8, 4) is 23.1 Å². The van der Waals surface area contributed by atoms with E-state index >= 15 is 0 Å². The van der Waals surface area contributed by atoms with Crippen LogP contribution in [0.3, 0.4) is 0 Å². The molecule has 5 heteroatoms. The summed E-state index contributed by atoms with van der Waals surface area (Å²) >= 11 is 0. The Labute approximate surface area is 116 Å². The van der Waals surface area contributed by atoms with E-state index in [2.05, 4.69) is 11.1 Å². The van der Waals surface area contributed by atoms with E-state index in [0.717, 1.165) is 18.5 Å². The molecule has 0 spiro atoms. The van der Waals surface area contributed by atoms with E-state index < -0.39 is 0 Å². The van der Waals surface area contributed by atoms with E-state index in [0.29, 0.717) is 29.1 Å². The second-order valence-electron chi connectivity index (χ2n) is 4.68. The molecule has 1 aliphatic heterocycles. The highest BCUT2D eigenvalue weighted by Gasteiger charge is 2.19. The van der Waals surface area contributed by atoms with Gasteiger partial charge in [-0.3, -0.25) is 4.79 Å². The first-order chi connectivity index (χ1) is 9.74. The number of hydrogen-bond donors (Lipinski definition) is 0. The maximum absolute atomic E-state index is 12.5. The Morgan fingerprint density at radius 3 is 2.95 bits per heavy atom. The topological polar surface area (TPSA) is 67.9 Å². The van der Waals surface area contributed by atoms with E-state index in [-0.39, 0.29) is 5.56 Å². The standard InChI is InChI=1S/C15H13N3O2/c1-20-14-5-4-10(9-17-14)12-7-11(8-16)13-3-2-6-18(13)15(12)19/h4-5,7,9H,2-3,6H2,1H3. The van der Waals surface area contributed by atoms with Gasteiger partial charge in [-0.15, -0.1) is 0 Å². The Balaban J connectivity index is 2.19. The highest BCUT2D eigenvalue weighted by molar-refractivity contribution is 5.64. The molecule has 20 heavy (non-hydrogen) atoms. The fraction of sp³-hybridized carbons (Fsp3) is 0.267. The van der Waals surface area contributed by atoms with Gasteiger partial charge in [0.15, 0.2) is 0 Å². The van der Waals surface area contributed by atoms with Gasteiger partial charge < -0.3 is 9.30 Å². The fourth-order valence-corrected chi connectivity index (χ4v) is 2.58. The summed E-state index contributed by atoms with van der Waals surface area (Å²) in [5.74, 6) is 0.496. The molecule has 0 aliphatic carbocycles. The van der Waals surface area contributed by atoms with E-state index in [1.165, 1.54) is 0 Å². The van der Waals surface area contributed by atoms with Gasteiger partial charge in [0.05, 0.1) is 18.2 Å². The van der Waals surface area contributed by atoms with Crippen molar-refractivity contribution in [2.24, 2.45) is 0 Å². The summed E-state index contributed by atoms with van der Waals surface area (Å²) in [6, 6.07) is 7.34. The van der Waals surface area contributed by atoms with Crippen molar-refractivity contribution in [1.82, 2.24) is 9.55 Å². The zero-order chi connectivity index (χ0) is 14.1. The van der Waals surface area contributed by atoms with Gasteiger partial charge in [0, 0.05) is 30.1 Å². The van der Waals surface area contributed by atoms with Crippen LogP contribution >= 0.6 is 0 Å². The largest absolute Gasteiger partial charge is 0.481 e. The van der Waals surface area contributed by atoms with Crippen molar-refractivity contribution < 1.29 is 4.74 Å². The number of nitrogens with zero attached hydrogens (tertiary/aromatic N) is 3. The van der Waals surface area contributed by atoms with Gasteiger partial charge in [-0.2, -0.15) is 5.26 Å². The molecule has 2 aromatic rings. The summed E-state index contributed by atoms with van der Waals surface area (Å²) in [7, 11) is 1.54. The lowest BCUT2D eigenvalue weighted by Gasteiger charge is -2.09. The van der Waals surface area contributed by atoms with Crippen LogP contribution in [-0.2, 0) is 13.0 Å². The second kappa shape index (κ2) is 4.82. The molecule has 1 aliphatic rings. The lowest BCUT2D eigenvalue weighted by molar-refractivity contribution is 0.398. The highest BCUT2D eigenvalue weighted by Crippen LogP contribution is 2.23. The average molecular weight is 267 g/mol. The Hall–Kier alpha value is -2.61. The molecule has 0 atom stereocenters. The van der Waals surface area contributed by atoms with E-state index in [1.54, 1.807) is 36.1 Å². The van der Waals surface area contributed by atoms with Crippen LogP contribution < -0.4 is 10.3 Å². The number of rotatable bonds is 2. The predicted molar refractivity (Wildman–Crippen MR) is 73.5 cm³/mol. The van der Waals surface area contributed by atoms with Gasteiger partial charge >= 0.3 is 0 Å². The van der Waals surface area contributed by atoms with Crippen LogP contribution in [0.1, 0.15) is 17.7 Å². The summed E-state index contributed by atoms with van der Waals surface area (Å²) in [5.41, 5.74) is 2.59. The first-order valence-corrected chi connectivity index (χ1v) is 6.42. The Morgan fingerprint density at radius 1 is 1.45 bits per heavy atom. The number of hydrogen-bond acceptors (Lipinski definition) is 4. The first kappa shape index (κ1) is 12.4. The van der Waals surface area contributed by atoms with Gasteiger partial charge in [-0.05, 0) is 25.0 Å². The van der Waals surface area contributed by atoms with Crippen LogP contribution in [0, 0.1) is 11.3 Å². The molecule has 0 aromatic carbocycles. The minimum absolute atomic E-state index is 0.0523. The molecule has 0 saturated heterocycles. The van der Waals surface area contributed by atoms with E-state index in [4.69, 9.17) is 4.74 Å². The monoisotopic (exact) mass is 267 g/mol. The van der Waals surface area contributed by atoms with Crippen molar-refractivity contribution in [3.05, 3.63) is 46.0 Å². The molecule has 0 amide bonds. The Morgan fingerprint density at radius 2 is 2.30 bits per heavy atom.